The first kappa shape index (κ1) is 11.7. The normalized spacial score (nSPS) is 17.4. The zero-order chi connectivity index (χ0) is 12.4. The summed E-state index contributed by atoms with van der Waals surface area (Å²) >= 11 is 0. The number of fused-ring (bicyclic) bond motifs is 1. The summed E-state index contributed by atoms with van der Waals surface area (Å²) in [6, 6.07) is 4.06. The summed E-state index contributed by atoms with van der Waals surface area (Å²) < 4.78 is 2.18. The number of hydrogen-bond acceptors (Lipinski definition) is 3. The van der Waals surface area contributed by atoms with Crippen LogP contribution in [0.25, 0.3) is 11.2 Å². The lowest BCUT2D eigenvalue weighted by Gasteiger charge is -2.22. The molecule has 4 heteroatoms. The van der Waals surface area contributed by atoms with Crippen molar-refractivity contribution in [3.05, 3.63) is 24.2 Å². The van der Waals surface area contributed by atoms with E-state index >= 15 is 0 Å². The number of piperidine rings is 1. The van der Waals surface area contributed by atoms with Gasteiger partial charge in [0.2, 0.25) is 0 Å². The molecule has 0 unspecified atom stereocenters. The summed E-state index contributed by atoms with van der Waals surface area (Å²) in [5, 5.41) is 3.41. The van der Waals surface area contributed by atoms with E-state index in [4.69, 9.17) is 0 Å². The third kappa shape index (κ3) is 2.25. The third-order valence-corrected chi connectivity index (χ3v) is 3.98. The summed E-state index contributed by atoms with van der Waals surface area (Å²) in [5.74, 6) is 2.03. The van der Waals surface area contributed by atoms with Crippen LogP contribution in [0.3, 0.4) is 0 Å². The zero-order valence-corrected chi connectivity index (χ0v) is 10.9. The lowest BCUT2D eigenvalue weighted by molar-refractivity contribution is 0.351. The van der Waals surface area contributed by atoms with Gasteiger partial charge in [0.05, 0.1) is 5.52 Å². The molecule has 2 aromatic heterocycles. The topological polar surface area (TPSA) is 42.7 Å². The molecule has 1 N–H and O–H groups in total. The number of nitrogens with one attached hydrogen (secondary N) is 1. The number of rotatable bonds is 3. The molecule has 0 spiro atoms. The molecule has 0 saturated carbocycles. The number of aromatic nitrogens is 3. The molecule has 4 nitrogen and oxygen atoms in total. The summed E-state index contributed by atoms with van der Waals surface area (Å²) in [6.45, 7) is 2.35. The maximum Gasteiger partial charge on any atom is 0.177 e. The van der Waals surface area contributed by atoms with Crippen molar-refractivity contribution in [2.24, 2.45) is 13.0 Å². The van der Waals surface area contributed by atoms with Crippen LogP contribution in [0, 0.1) is 5.92 Å². The summed E-state index contributed by atoms with van der Waals surface area (Å²) in [4.78, 5) is 8.95. The second-order valence-corrected chi connectivity index (χ2v) is 5.17. The van der Waals surface area contributed by atoms with Gasteiger partial charge in [-0.25, -0.2) is 9.97 Å². The fraction of sp³-hybridized carbons (Fsp3) is 0.571. The maximum absolute atomic E-state index is 4.63. The van der Waals surface area contributed by atoms with Crippen LogP contribution in [0.4, 0.5) is 0 Å². The van der Waals surface area contributed by atoms with Crippen LogP contribution in [0.5, 0.6) is 0 Å². The largest absolute Gasteiger partial charge is 0.330 e. The van der Waals surface area contributed by atoms with E-state index in [9.17, 15) is 0 Å². The van der Waals surface area contributed by atoms with E-state index in [2.05, 4.69) is 33.0 Å². The number of imidazole rings is 1. The second kappa shape index (κ2) is 5.06. The van der Waals surface area contributed by atoms with Crippen LogP contribution in [-0.4, -0.2) is 27.6 Å². The molecule has 0 radical (unpaired) electrons. The SMILES string of the molecule is Cn1c(CCC2CCNCC2)nc2ncccc21. The van der Waals surface area contributed by atoms with E-state index < -0.39 is 0 Å². The van der Waals surface area contributed by atoms with Crippen molar-refractivity contribution in [3.8, 4) is 0 Å². The van der Waals surface area contributed by atoms with Crippen molar-refractivity contribution < 1.29 is 0 Å². The lowest BCUT2D eigenvalue weighted by atomic mass is 9.93. The van der Waals surface area contributed by atoms with E-state index in [1.807, 2.05) is 12.3 Å². The monoisotopic (exact) mass is 244 g/mol. The van der Waals surface area contributed by atoms with Gasteiger partial charge < -0.3 is 9.88 Å². The molecule has 3 rings (SSSR count). The molecule has 0 bridgehead atoms. The van der Waals surface area contributed by atoms with Crippen LogP contribution in [0.15, 0.2) is 18.3 Å². The van der Waals surface area contributed by atoms with Crippen molar-refractivity contribution >= 4 is 11.2 Å². The van der Waals surface area contributed by atoms with Gasteiger partial charge in [-0.2, -0.15) is 0 Å². The predicted octanol–water partition coefficient (Wildman–Crippen LogP) is 1.90. The van der Waals surface area contributed by atoms with Crippen molar-refractivity contribution in [1.29, 1.82) is 0 Å². The Morgan fingerprint density at radius 1 is 1.39 bits per heavy atom. The zero-order valence-electron chi connectivity index (χ0n) is 10.9. The fourth-order valence-corrected chi connectivity index (χ4v) is 2.80. The summed E-state index contributed by atoms with van der Waals surface area (Å²) in [7, 11) is 2.09. The molecule has 1 aliphatic heterocycles. The van der Waals surface area contributed by atoms with Gasteiger partial charge in [-0.15, -0.1) is 0 Å². The van der Waals surface area contributed by atoms with Gasteiger partial charge in [0, 0.05) is 19.7 Å². The Bertz CT molecular complexity index is 526. The first-order valence-corrected chi connectivity index (χ1v) is 6.81. The van der Waals surface area contributed by atoms with Crippen LogP contribution in [-0.2, 0) is 13.5 Å². The van der Waals surface area contributed by atoms with Gasteiger partial charge in [0.1, 0.15) is 5.82 Å². The van der Waals surface area contributed by atoms with E-state index in [1.165, 1.54) is 38.2 Å². The Labute approximate surface area is 107 Å². The van der Waals surface area contributed by atoms with Crippen molar-refractivity contribution in [2.75, 3.05) is 13.1 Å². The Kier molecular flexibility index (Phi) is 3.28. The minimum atomic E-state index is 0.860. The molecule has 3 heterocycles. The standard InChI is InChI=1S/C14H20N4/c1-18-12-3-2-8-16-14(12)17-13(18)5-4-11-6-9-15-10-7-11/h2-3,8,11,15H,4-7,9-10H2,1H3. The summed E-state index contributed by atoms with van der Waals surface area (Å²) in [5.41, 5.74) is 2.01. The molecule has 1 fully saturated rings. The molecule has 0 aliphatic carbocycles. The second-order valence-electron chi connectivity index (χ2n) is 5.17. The lowest BCUT2D eigenvalue weighted by Crippen LogP contribution is -2.28. The van der Waals surface area contributed by atoms with Crippen LogP contribution < -0.4 is 5.32 Å². The fourth-order valence-electron chi connectivity index (χ4n) is 2.80. The van der Waals surface area contributed by atoms with Gasteiger partial charge in [0.15, 0.2) is 5.65 Å². The highest BCUT2D eigenvalue weighted by Crippen LogP contribution is 2.20. The quantitative estimate of drug-likeness (QED) is 0.896. The predicted molar refractivity (Wildman–Crippen MR) is 72.4 cm³/mol. The molecular weight excluding hydrogens is 224 g/mol. The van der Waals surface area contributed by atoms with Gasteiger partial charge >= 0.3 is 0 Å². The first-order chi connectivity index (χ1) is 8.84. The number of nitrogens with zero attached hydrogens (tertiary/aromatic N) is 3. The minimum Gasteiger partial charge on any atom is -0.330 e. The molecule has 96 valence electrons. The highest BCUT2D eigenvalue weighted by atomic mass is 15.1. The highest BCUT2D eigenvalue weighted by Gasteiger charge is 2.15. The van der Waals surface area contributed by atoms with Crippen molar-refractivity contribution in [2.45, 2.75) is 25.7 Å². The Balaban J connectivity index is 1.72. The summed E-state index contributed by atoms with van der Waals surface area (Å²) in [6.07, 6.45) is 6.74. The van der Waals surface area contributed by atoms with Crippen molar-refractivity contribution in [1.82, 2.24) is 19.9 Å². The Hall–Kier alpha value is -1.42. The molecule has 0 amide bonds. The van der Waals surface area contributed by atoms with Gasteiger partial charge in [0.25, 0.3) is 0 Å². The van der Waals surface area contributed by atoms with Gasteiger partial charge in [-0.1, -0.05) is 0 Å². The average molecular weight is 244 g/mol. The van der Waals surface area contributed by atoms with E-state index in [0.29, 0.717) is 0 Å². The van der Waals surface area contributed by atoms with E-state index in [1.54, 1.807) is 0 Å². The van der Waals surface area contributed by atoms with Crippen LogP contribution in [0.2, 0.25) is 0 Å². The Morgan fingerprint density at radius 3 is 3.00 bits per heavy atom. The van der Waals surface area contributed by atoms with Crippen LogP contribution in [0.1, 0.15) is 25.1 Å². The third-order valence-electron chi connectivity index (χ3n) is 3.98. The molecule has 18 heavy (non-hydrogen) atoms. The maximum atomic E-state index is 4.63. The van der Waals surface area contributed by atoms with E-state index in [0.717, 1.165) is 23.5 Å². The average Bonchev–Trinajstić information content (AvgIpc) is 2.75. The number of hydrogen-bond donors (Lipinski definition) is 1. The van der Waals surface area contributed by atoms with Gasteiger partial charge in [-0.3, -0.25) is 0 Å². The molecule has 1 saturated heterocycles. The molecule has 2 aromatic rings. The van der Waals surface area contributed by atoms with Gasteiger partial charge in [-0.05, 0) is 50.4 Å². The first-order valence-electron chi connectivity index (χ1n) is 6.81. The number of pyridine rings is 1. The molecular formula is C14H20N4. The van der Waals surface area contributed by atoms with Crippen molar-refractivity contribution in [3.63, 3.8) is 0 Å². The highest BCUT2D eigenvalue weighted by molar-refractivity contribution is 5.71. The molecule has 0 aromatic carbocycles. The van der Waals surface area contributed by atoms with Crippen LogP contribution >= 0.6 is 0 Å². The molecule has 0 atom stereocenters. The molecule has 1 aliphatic rings. The number of aryl methyl sites for hydroxylation is 2. The Morgan fingerprint density at radius 2 is 2.22 bits per heavy atom. The smallest absolute Gasteiger partial charge is 0.177 e. The van der Waals surface area contributed by atoms with E-state index in [-0.39, 0.29) is 0 Å². The minimum absolute atomic E-state index is 0.860.